The number of aromatic nitrogens is 1. The first-order chi connectivity index (χ1) is 10.1. The van der Waals surface area contributed by atoms with Crippen LogP contribution in [0.3, 0.4) is 0 Å². The van der Waals surface area contributed by atoms with Gasteiger partial charge in [0, 0.05) is 35.7 Å². The fourth-order valence-corrected chi connectivity index (χ4v) is 2.55. The topological polar surface area (TPSA) is 68.1 Å². The standard InChI is InChI=1S/C16H21N3O2/c1-3-5-13(17-4-2)11-14-7-6-12-10-15(19(20)21)8-9-16(12)18-14/h6-10,13,17H,3-5,11H2,1-2H3. The largest absolute Gasteiger partial charge is 0.314 e. The fraction of sp³-hybridized carbons (Fsp3) is 0.438. The van der Waals surface area contributed by atoms with Crippen LogP contribution in [0.5, 0.6) is 0 Å². The van der Waals surface area contributed by atoms with Gasteiger partial charge in [-0.25, -0.2) is 0 Å². The summed E-state index contributed by atoms with van der Waals surface area (Å²) in [5.74, 6) is 0. The van der Waals surface area contributed by atoms with Crippen LogP contribution < -0.4 is 5.32 Å². The van der Waals surface area contributed by atoms with Crippen LogP contribution in [0.2, 0.25) is 0 Å². The van der Waals surface area contributed by atoms with Crippen LogP contribution in [-0.4, -0.2) is 22.5 Å². The molecule has 0 aliphatic heterocycles. The fourth-order valence-electron chi connectivity index (χ4n) is 2.55. The van der Waals surface area contributed by atoms with Crippen LogP contribution >= 0.6 is 0 Å². The molecule has 0 amide bonds. The Labute approximate surface area is 124 Å². The molecule has 0 spiro atoms. The van der Waals surface area contributed by atoms with Crippen molar-refractivity contribution in [2.24, 2.45) is 0 Å². The van der Waals surface area contributed by atoms with Crippen molar-refractivity contribution >= 4 is 16.6 Å². The molecular weight excluding hydrogens is 266 g/mol. The van der Waals surface area contributed by atoms with Crippen molar-refractivity contribution < 1.29 is 4.92 Å². The number of nitro groups is 1. The first-order valence-electron chi connectivity index (χ1n) is 7.41. The Kier molecular flexibility index (Phi) is 5.22. The van der Waals surface area contributed by atoms with Gasteiger partial charge in [-0.05, 0) is 25.1 Å². The van der Waals surface area contributed by atoms with E-state index in [1.54, 1.807) is 12.1 Å². The van der Waals surface area contributed by atoms with Crippen molar-refractivity contribution in [3.63, 3.8) is 0 Å². The van der Waals surface area contributed by atoms with Crippen LogP contribution in [0.4, 0.5) is 5.69 Å². The second kappa shape index (κ2) is 7.13. The van der Waals surface area contributed by atoms with Crippen LogP contribution in [0.1, 0.15) is 32.4 Å². The lowest BCUT2D eigenvalue weighted by molar-refractivity contribution is -0.384. The van der Waals surface area contributed by atoms with Crippen LogP contribution in [0.15, 0.2) is 30.3 Å². The molecule has 2 aromatic rings. The van der Waals surface area contributed by atoms with Crippen LogP contribution in [0.25, 0.3) is 10.9 Å². The highest BCUT2D eigenvalue weighted by molar-refractivity contribution is 5.81. The molecule has 2 rings (SSSR count). The first kappa shape index (κ1) is 15.4. The number of nitro benzene ring substituents is 1. The molecule has 1 atom stereocenters. The summed E-state index contributed by atoms with van der Waals surface area (Å²) in [7, 11) is 0. The predicted octanol–water partition coefficient (Wildman–Crippen LogP) is 3.46. The Morgan fingerprint density at radius 2 is 2.10 bits per heavy atom. The van der Waals surface area contributed by atoms with E-state index in [-0.39, 0.29) is 10.6 Å². The Morgan fingerprint density at radius 1 is 1.29 bits per heavy atom. The number of rotatable bonds is 7. The highest BCUT2D eigenvalue weighted by Gasteiger charge is 2.10. The van der Waals surface area contributed by atoms with E-state index in [9.17, 15) is 10.1 Å². The lowest BCUT2D eigenvalue weighted by Crippen LogP contribution is -2.31. The number of non-ortho nitro benzene ring substituents is 1. The summed E-state index contributed by atoms with van der Waals surface area (Å²) >= 11 is 0. The van der Waals surface area contributed by atoms with Gasteiger partial charge in [0.25, 0.3) is 5.69 Å². The normalized spacial score (nSPS) is 12.5. The Hall–Kier alpha value is -2.01. The number of likely N-dealkylation sites (N-methyl/N-ethyl adjacent to an activating group) is 1. The van der Waals surface area contributed by atoms with E-state index in [4.69, 9.17) is 0 Å². The van der Waals surface area contributed by atoms with Crippen LogP contribution in [0, 0.1) is 10.1 Å². The van der Waals surface area contributed by atoms with Gasteiger partial charge in [-0.2, -0.15) is 0 Å². The zero-order valence-electron chi connectivity index (χ0n) is 12.5. The lowest BCUT2D eigenvalue weighted by Gasteiger charge is -2.16. The molecule has 1 N–H and O–H groups in total. The number of fused-ring (bicyclic) bond motifs is 1. The van der Waals surface area contributed by atoms with E-state index in [0.717, 1.165) is 42.4 Å². The number of nitrogens with zero attached hydrogens (tertiary/aromatic N) is 2. The SMILES string of the molecule is CCCC(Cc1ccc2cc([N+](=O)[O-])ccc2n1)NCC. The number of hydrogen-bond donors (Lipinski definition) is 1. The van der Waals surface area contributed by atoms with E-state index < -0.39 is 0 Å². The minimum Gasteiger partial charge on any atom is -0.314 e. The first-order valence-corrected chi connectivity index (χ1v) is 7.41. The van der Waals surface area contributed by atoms with Gasteiger partial charge in [0.1, 0.15) is 0 Å². The van der Waals surface area contributed by atoms with Crippen molar-refractivity contribution in [3.8, 4) is 0 Å². The minimum atomic E-state index is -0.379. The smallest absolute Gasteiger partial charge is 0.270 e. The van der Waals surface area contributed by atoms with E-state index in [1.807, 2.05) is 12.1 Å². The molecule has 0 saturated heterocycles. The highest BCUT2D eigenvalue weighted by atomic mass is 16.6. The van der Waals surface area contributed by atoms with Gasteiger partial charge in [-0.15, -0.1) is 0 Å². The van der Waals surface area contributed by atoms with Gasteiger partial charge in [-0.3, -0.25) is 15.1 Å². The summed E-state index contributed by atoms with van der Waals surface area (Å²) in [6.07, 6.45) is 3.14. The van der Waals surface area contributed by atoms with Crippen molar-refractivity contribution in [2.75, 3.05) is 6.54 Å². The molecule has 1 unspecified atom stereocenters. The van der Waals surface area contributed by atoms with E-state index in [1.165, 1.54) is 6.07 Å². The molecule has 0 radical (unpaired) electrons. The maximum atomic E-state index is 10.8. The number of hydrogen-bond acceptors (Lipinski definition) is 4. The maximum absolute atomic E-state index is 10.8. The molecule has 0 aliphatic carbocycles. The molecule has 5 nitrogen and oxygen atoms in total. The lowest BCUT2D eigenvalue weighted by atomic mass is 10.0. The summed E-state index contributed by atoms with van der Waals surface area (Å²) in [6, 6.07) is 9.11. The third kappa shape index (κ3) is 3.98. The quantitative estimate of drug-likeness (QED) is 0.625. The third-order valence-corrected chi connectivity index (χ3v) is 3.53. The van der Waals surface area contributed by atoms with E-state index >= 15 is 0 Å². The molecule has 5 heteroatoms. The predicted molar refractivity (Wildman–Crippen MR) is 84.5 cm³/mol. The molecule has 0 saturated carbocycles. The number of nitrogens with one attached hydrogen (secondary N) is 1. The highest BCUT2D eigenvalue weighted by Crippen LogP contribution is 2.20. The van der Waals surface area contributed by atoms with Gasteiger partial charge >= 0.3 is 0 Å². The summed E-state index contributed by atoms with van der Waals surface area (Å²) in [5, 5.41) is 15.1. The van der Waals surface area contributed by atoms with Crippen molar-refractivity contribution in [1.29, 1.82) is 0 Å². The van der Waals surface area contributed by atoms with Gasteiger partial charge in [0.15, 0.2) is 0 Å². The third-order valence-electron chi connectivity index (χ3n) is 3.53. The Bertz CT molecular complexity index is 622. The molecular formula is C16H21N3O2. The molecule has 0 aliphatic rings. The summed E-state index contributed by atoms with van der Waals surface area (Å²) < 4.78 is 0. The maximum Gasteiger partial charge on any atom is 0.270 e. The molecule has 0 bridgehead atoms. The summed E-state index contributed by atoms with van der Waals surface area (Å²) in [4.78, 5) is 15.0. The minimum absolute atomic E-state index is 0.105. The van der Waals surface area contributed by atoms with Crippen molar-refractivity contribution in [3.05, 3.63) is 46.1 Å². The van der Waals surface area contributed by atoms with E-state index in [2.05, 4.69) is 24.1 Å². The van der Waals surface area contributed by atoms with Gasteiger partial charge < -0.3 is 5.32 Å². The Balaban J connectivity index is 2.22. The summed E-state index contributed by atoms with van der Waals surface area (Å²) in [6.45, 7) is 5.23. The second-order valence-electron chi connectivity index (χ2n) is 5.18. The molecule has 1 aromatic heterocycles. The molecule has 0 fully saturated rings. The number of benzene rings is 1. The van der Waals surface area contributed by atoms with Gasteiger partial charge in [0.2, 0.25) is 0 Å². The zero-order chi connectivity index (χ0) is 15.2. The molecule has 1 aromatic carbocycles. The number of pyridine rings is 1. The molecule has 1 heterocycles. The molecule has 21 heavy (non-hydrogen) atoms. The average Bonchev–Trinajstić information content (AvgIpc) is 2.47. The zero-order valence-corrected chi connectivity index (χ0v) is 12.5. The van der Waals surface area contributed by atoms with Crippen molar-refractivity contribution in [2.45, 2.75) is 39.2 Å². The Morgan fingerprint density at radius 3 is 2.76 bits per heavy atom. The monoisotopic (exact) mass is 287 g/mol. The van der Waals surface area contributed by atoms with Crippen LogP contribution in [-0.2, 0) is 6.42 Å². The molecule has 112 valence electrons. The van der Waals surface area contributed by atoms with Gasteiger partial charge in [0.05, 0.1) is 10.4 Å². The van der Waals surface area contributed by atoms with Gasteiger partial charge in [-0.1, -0.05) is 26.3 Å². The summed E-state index contributed by atoms with van der Waals surface area (Å²) in [5.41, 5.74) is 1.94. The second-order valence-corrected chi connectivity index (χ2v) is 5.18. The average molecular weight is 287 g/mol. The van der Waals surface area contributed by atoms with Crippen molar-refractivity contribution in [1.82, 2.24) is 10.3 Å². The van der Waals surface area contributed by atoms with E-state index in [0.29, 0.717) is 6.04 Å².